The van der Waals surface area contributed by atoms with Gasteiger partial charge in [0, 0.05) is 15.6 Å². The summed E-state index contributed by atoms with van der Waals surface area (Å²) in [6, 6.07) is 16.7. The maximum absolute atomic E-state index is 12.9. The third-order valence-corrected chi connectivity index (χ3v) is 6.30. The average molecular weight is 637 g/mol. The molecule has 2 amide bonds. The molecule has 42 heavy (non-hydrogen) atoms. The minimum absolute atomic E-state index is 0.112. The molecule has 0 aliphatic carbocycles. The van der Waals surface area contributed by atoms with Crippen molar-refractivity contribution in [2.45, 2.75) is 45.6 Å². The molecule has 0 spiro atoms. The summed E-state index contributed by atoms with van der Waals surface area (Å²) >= 11 is 18.7. The minimum Gasteiger partial charge on any atom is -0.493 e. The molecule has 0 heterocycles. The van der Waals surface area contributed by atoms with Crippen LogP contribution in [0.1, 0.15) is 37.5 Å². The highest BCUT2D eigenvalue weighted by atomic mass is 35.5. The van der Waals surface area contributed by atoms with Crippen LogP contribution in [0.25, 0.3) is 0 Å². The second kappa shape index (κ2) is 15.7. The lowest BCUT2D eigenvalue weighted by molar-refractivity contribution is -0.124. The number of halogens is 3. The summed E-state index contributed by atoms with van der Waals surface area (Å²) in [6.45, 7) is 5.44. The van der Waals surface area contributed by atoms with Crippen molar-refractivity contribution in [2.75, 3.05) is 13.7 Å². The molecule has 0 fully saturated rings. The Bertz CT molecular complexity index is 1400. The summed E-state index contributed by atoms with van der Waals surface area (Å²) in [6.07, 6.45) is 0.614. The largest absolute Gasteiger partial charge is 0.493 e. The number of amides is 2. The molecule has 3 rings (SSSR count). The topological polar surface area (TPSA) is 107 Å². The van der Waals surface area contributed by atoms with E-state index >= 15 is 0 Å². The number of methoxy groups -OCH3 is 1. The van der Waals surface area contributed by atoms with Gasteiger partial charge in [-0.2, -0.15) is 5.10 Å². The molecule has 9 nitrogen and oxygen atoms in total. The van der Waals surface area contributed by atoms with Crippen LogP contribution in [-0.2, 0) is 27.5 Å². The van der Waals surface area contributed by atoms with Crippen LogP contribution in [0.4, 0.5) is 4.79 Å². The highest BCUT2D eigenvalue weighted by Crippen LogP contribution is 2.37. The van der Waals surface area contributed by atoms with Gasteiger partial charge in [-0.1, -0.05) is 71.2 Å². The van der Waals surface area contributed by atoms with Gasteiger partial charge in [-0.25, -0.2) is 10.2 Å². The number of nitrogens with one attached hydrogen (secondary N) is 2. The molecule has 0 saturated heterocycles. The molecule has 0 aromatic heterocycles. The number of carbonyl (C=O) groups excluding carboxylic acids is 2. The van der Waals surface area contributed by atoms with E-state index in [9.17, 15) is 9.59 Å². The zero-order valence-electron chi connectivity index (χ0n) is 23.6. The number of benzene rings is 3. The van der Waals surface area contributed by atoms with Gasteiger partial charge in [0.1, 0.15) is 18.2 Å². The first-order chi connectivity index (χ1) is 19.9. The molecule has 1 atom stereocenters. The predicted molar refractivity (Wildman–Crippen MR) is 164 cm³/mol. The van der Waals surface area contributed by atoms with Crippen LogP contribution < -0.4 is 20.2 Å². The number of ether oxygens (including phenoxy) is 4. The Morgan fingerprint density at radius 1 is 0.976 bits per heavy atom. The van der Waals surface area contributed by atoms with Crippen LogP contribution in [0.15, 0.2) is 65.8 Å². The molecule has 0 saturated carbocycles. The molecule has 3 aromatic carbocycles. The first-order valence-corrected chi connectivity index (χ1v) is 14.0. The minimum atomic E-state index is -1.07. The van der Waals surface area contributed by atoms with Crippen LogP contribution in [-0.4, -0.2) is 43.6 Å². The number of alkyl carbamates (subject to hydrolysis) is 1. The highest BCUT2D eigenvalue weighted by Gasteiger charge is 2.24. The molecular formula is C30H32Cl3N3O6. The van der Waals surface area contributed by atoms with Gasteiger partial charge in [0.15, 0.2) is 11.5 Å². The first-order valence-electron chi connectivity index (χ1n) is 12.8. The number of hydrogen-bond acceptors (Lipinski definition) is 7. The van der Waals surface area contributed by atoms with Crippen molar-refractivity contribution in [1.29, 1.82) is 0 Å². The van der Waals surface area contributed by atoms with Gasteiger partial charge in [-0.05, 0) is 56.2 Å². The van der Waals surface area contributed by atoms with Gasteiger partial charge in [0.25, 0.3) is 5.91 Å². The first kappa shape index (κ1) is 33.0. The van der Waals surface area contributed by atoms with Gasteiger partial charge in [-0.15, -0.1) is 0 Å². The van der Waals surface area contributed by atoms with Gasteiger partial charge >= 0.3 is 6.09 Å². The summed E-state index contributed by atoms with van der Waals surface area (Å²) in [4.78, 5) is 25.3. The van der Waals surface area contributed by atoms with Crippen LogP contribution in [0.3, 0.4) is 0 Å². The number of hydrazone groups is 1. The van der Waals surface area contributed by atoms with Crippen molar-refractivity contribution in [3.8, 4) is 11.5 Å². The van der Waals surface area contributed by atoms with Crippen molar-refractivity contribution in [2.24, 2.45) is 5.10 Å². The molecule has 224 valence electrons. The van der Waals surface area contributed by atoms with Crippen LogP contribution in [0, 0.1) is 0 Å². The van der Waals surface area contributed by atoms with Gasteiger partial charge in [0.2, 0.25) is 0 Å². The summed E-state index contributed by atoms with van der Waals surface area (Å²) in [7, 11) is 1.47. The second-order valence-electron chi connectivity index (χ2n) is 9.99. The SMILES string of the molecule is COc1cc(/C=N\NC(=O)[C@H](COCc2ccccc2)NC(=O)OC(C)(C)C)cc(Cl)c1OCc1ccc(Cl)cc1Cl. The van der Waals surface area contributed by atoms with Crippen molar-refractivity contribution < 1.29 is 28.5 Å². The third-order valence-electron chi connectivity index (χ3n) is 5.43. The summed E-state index contributed by atoms with van der Waals surface area (Å²) < 4.78 is 22.3. The van der Waals surface area contributed by atoms with E-state index in [1.807, 2.05) is 30.3 Å². The molecule has 2 N–H and O–H groups in total. The molecular weight excluding hydrogens is 605 g/mol. The van der Waals surface area contributed by atoms with Gasteiger partial charge in [0.05, 0.1) is 31.6 Å². The van der Waals surface area contributed by atoms with E-state index in [1.54, 1.807) is 51.1 Å². The third kappa shape index (κ3) is 10.7. The van der Waals surface area contributed by atoms with Crippen molar-refractivity contribution >= 4 is 53.0 Å². The van der Waals surface area contributed by atoms with Crippen molar-refractivity contribution in [1.82, 2.24) is 10.7 Å². The number of carbonyl (C=O) groups is 2. The number of nitrogens with zero attached hydrogens (tertiary/aromatic N) is 1. The Balaban J connectivity index is 1.66. The summed E-state index contributed by atoms with van der Waals surface area (Å²) in [5.74, 6) is 0.0470. The maximum Gasteiger partial charge on any atom is 0.408 e. The average Bonchev–Trinajstić information content (AvgIpc) is 2.92. The Kier molecular flexibility index (Phi) is 12.3. The number of rotatable bonds is 12. The second-order valence-corrected chi connectivity index (χ2v) is 11.2. The molecule has 0 aliphatic heterocycles. The zero-order valence-corrected chi connectivity index (χ0v) is 25.8. The Morgan fingerprint density at radius 2 is 1.71 bits per heavy atom. The zero-order chi connectivity index (χ0) is 30.7. The predicted octanol–water partition coefficient (Wildman–Crippen LogP) is 6.79. The Hall–Kier alpha value is -3.50. The lowest BCUT2D eigenvalue weighted by atomic mass is 10.2. The number of hydrogen-bond donors (Lipinski definition) is 2. The van der Waals surface area contributed by atoms with Crippen LogP contribution >= 0.6 is 34.8 Å². The van der Waals surface area contributed by atoms with E-state index in [4.69, 9.17) is 53.8 Å². The van der Waals surface area contributed by atoms with E-state index < -0.39 is 23.6 Å². The summed E-state index contributed by atoms with van der Waals surface area (Å²) in [5.41, 5.74) is 3.83. The normalized spacial score (nSPS) is 12.1. The lowest BCUT2D eigenvalue weighted by Gasteiger charge is -2.22. The fourth-order valence-electron chi connectivity index (χ4n) is 3.49. The fraction of sp³-hybridized carbons (Fsp3) is 0.300. The van der Waals surface area contributed by atoms with E-state index in [-0.39, 0.29) is 24.8 Å². The molecule has 0 unspecified atom stereocenters. The molecule has 3 aromatic rings. The van der Waals surface area contributed by atoms with Gasteiger partial charge in [-0.3, -0.25) is 4.79 Å². The maximum atomic E-state index is 12.9. The molecule has 0 radical (unpaired) electrons. The smallest absolute Gasteiger partial charge is 0.408 e. The molecule has 0 bridgehead atoms. The van der Waals surface area contributed by atoms with Crippen LogP contribution in [0.5, 0.6) is 11.5 Å². The Labute approximate surface area is 260 Å². The van der Waals surface area contributed by atoms with Crippen LogP contribution in [0.2, 0.25) is 15.1 Å². The highest BCUT2D eigenvalue weighted by molar-refractivity contribution is 6.35. The van der Waals surface area contributed by atoms with Gasteiger partial charge < -0.3 is 24.3 Å². The van der Waals surface area contributed by atoms with E-state index in [1.165, 1.54) is 13.3 Å². The van der Waals surface area contributed by atoms with Crippen molar-refractivity contribution in [3.05, 3.63) is 92.4 Å². The van der Waals surface area contributed by atoms with E-state index in [0.29, 0.717) is 27.1 Å². The standard InChI is InChI=1S/C30H32Cl3N3O6/c1-30(2,3)42-29(38)35-25(18-40-16-19-8-6-5-7-9-19)28(37)36-34-15-20-12-24(33)27(26(13-20)39-4)41-17-21-10-11-22(31)14-23(21)32/h5-15,25H,16-18H2,1-4H3,(H,35,38)(H,36,37)/b34-15-/t25-/m0/s1. The molecule has 0 aliphatic rings. The fourth-order valence-corrected chi connectivity index (χ4v) is 4.23. The van der Waals surface area contributed by atoms with Crippen molar-refractivity contribution in [3.63, 3.8) is 0 Å². The monoisotopic (exact) mass is 635 g/mol. The molecule has 12 heteroatoms. The Morgan fingerprint density at radius 3 is 2.38 bits per heavy atom. The quantitative estimate of drug-likeness (QED) is 0.167. The van der Waals surface area contributed by atoms with E-state index in [0.717, 1.165) is 11.1 Å². The lowest BCUT2D eigenvalue weighted by Crippen LogP contribution is -2.49. The van der Waals surface area contributed by atoms with E-state index in [2.05, 4.69) is 15.8 Å². The summed E-state index contributed by atoms with van der Waals surface area (Å²) in [5, 5.41) is 7.78.